The van der Waals surface area contributed by atoms with Gasteiger partial charge in [-0.2, -0.15) is 0 Å². The molecule has 0 radical (unpaired) electrons. The van der Waals surface area contributed by atoms with Crippen LogP contribution in [0.5, 0.6) is 0 Å². The molecule has 3 saturated heterocycles. The highest BCUT2D eigenvalue weighted by Gasteiger charge is 2.39. The number of carbonyl (C=O) groups is 2. The van der Waals surface area contributed by atoms with Gasteiger partial charge >= 0.3 is 5.97 Å². The topological polar surface area (TPSA) is 58.6 Å². The predicted octanol–water partition coefficient (Wildman–Crippen LogP) is 0.558. The largest absolute Gasteiger partial charge is 0.465 e. The fourth-order valence-corrected chi connectivity index (χ4v) is 3.28. The second-order valence-corrected chi connectivity index (χ2v) is 6.13. The van der Waals surface area contributed by atoms with Crippen LogP contribution in [0.15, 0.2) is 24.3 Å². The smallest absolute Gasteiger partial charge is 0.337 e. The number of nitrogens with zero attached hydrogens (tertiary/aromatic N) is 2. The number of quaternary nitrogens is 1. The van der Waals surface area contributed by atoms with Gasteiger partial charge < -0.3 is 14.5 Å². The second-order valence-electron chi connectivity index (χ2n) is 6.13. The summed E-state index contributed by atoms with van der Waals surface area (Å²) < 4.78 is 5.56. The molecule has 0 atom stereocenters. The Morgan fingerprint density at radius 1 is 1.14 bits per heavy atom. The maximum atomic E-state index is 12.3. The number of anilines is 1. The molecule has 3 aliphatic heterocycles. The van der Waals surface area contributed by atoms with Gasteiger partial charge in [-0.25, -0.2) is 4.79 Å². The Labute approximate surface area is 130 Å². The summed E-state index contributed by atoms with van der Waals surface area (Å²) in [6.07, 6.45) is 0. The number of benzene rings is 1. The molecule has 0 unspecified atom stereocenters. The minimum Gasteiger partial charge on any atom is -0.465 e. The summed E-state index contributed by atoms with van der Waals surface area (Å²) in [6.45, 7) is 7.02. The van der Waals surface area contributed by atoms with E-state index in [1.165, 1.54) is 7.11 Å². The number of esters is 1. The Bertz CT molecular complexity index is 549. The molecule has 3 aliphatic rings. The first-order valence-corrected chi connectivity index (χ1v) is 7.66. The molecule has 1 N–H and O–H groups in total. The number of nitrogens with one attached hydrogen (secondary N) is 1. The molecule has 4 rings (SSSR count). The maximum Gasteiger partial charge on any atom is 0.337 e. The van der Waals surface area contributed by atoms with Crippen molar-refractivity contribution in [3.05, 3.63) is 29.8 Å². The third-order valence-corrected chi connectivity index (χ3v) is 4.74. The Morgan fingerprint density at radius 3 is 2.27 bits per heavy atom. The van der Waals surface area contributed by atoms with Gasteiger partial charge in [0.05, 0.1) is 32.3 Å². The average molecular weight is 304 g/mol. The number of fused-ring (bicyclic) bond motifs is 3. The van der Waals surface area contributed by atoms with Crippen molar-refractivity contribution in [1.82, 2.24) is 4.90 Å². The van der Waals surface area contributed by atoms with E-state index in [4.69, 9.17) is 0 Å². The van der Waals surface area contributed by atoms with Crippen LogP contribution in [0.2, 0.25) is 0 Å². The number of rotatable bonds is 4. The molecule has 1 aromatic rings. The third-order valence-electron chi connectivity index (χ3n) is 4.74. The molecule has 3 fully saturated rings. The zero-order chi connectivity index (χ0) is 15.6. The summed E-state index contributed by atoms with van der Waals surface area (Å²) in [5.74, 6) is -0.330. The van der Waals surface area contributed by atoms with E-state index < -0.39 is 0 Å². The summed E-state index contributed by atoms with van der Waals surface area (Å²) >= 11 is 0. The Kier molecular flexibility index (Phi) is 4.13. The van der Waals surface area contributed by atoms with Crippen molar-refractivity contribution < 1.29 is 18.8 Å². The van der Waals surface area contributed by atoms with Crippen LogP contribution in [0.25, 0.3) is 0 Å². The highest BCUT2D eigenvalue weighted by Crippen LogP contribution is 2.19. The molecule has 0 aliphatic carbocycles. The van der Waals surface area contributed by atoms with Crippen molar-refractivity contribution in [2.24, 2.45) is 0 Å². The predicted molar refractivity (Wildman–Crippen MR) is 82.6 cm³/mol. The number of methoxy groups -OCH3 is 1. The maximum absolute atomic E-state index is 12.3. The Hall–Kier alpha value is -1.92. The summed E-state index contributed by atoms with van der Waals surface area (Å²) in [5.41, 5.74) is 1.20. The molecule has 3 heterocycles. The molecule has 118 valence electrons. The first kappa shape index (κ1) is 15.0. The normalized spacial score (nSPS) is 26.5. The van der Waals surface area contributed by atoms with E-state index in [1.807, 2.05) is 0 Å². The quantitative estimate of drug-likeness (QED) is 0.652. The first-order valence-electron chi connectivity index (χ1n) is 7.66. The minimum absolute atomic E-state index is 0.0427. The van der Waals surface area contributed by atoms with E-state index >= 15 is 0 Å². The number of amides is 1. The van der Waals surface area contributed by atoms with Crippen molar-refractivity contribution in [1.29, 1.82) is 0 Å². The van der Waals surface area contributed by atoms with Gasteiger partial charge in [-0.05, 0) is 24.3 Å². The van der Waals surface area contributed by atoms with Crippen LogP contribution in [0, 0.1) is 0 Å². The van der Waals surface area contributed by atoms with E-state index in [9.17, 15) is 9.59 Å². The third kappa shape index (κ3) is 3.13. The number of ether oxygens (including phenoxy) is 1. The van der Waals surface area contributed by atoms with Crippen molar-refractivity contribution in [3.8, 4) is 0 Å². The highest BCUT2D eigenvalue weighted by atomic mass is 16.5. The van der Waals surface area contributed by atoms with E-state index in [2.05, 4.69) is 15.0 Å². The van der Waals surface area contributed by atoms with Gasteiger partial charge in [0.1, 0.15) is 0 Å². The number of hydrogen-bond donors (Lipinski definition) is 1. The lowest BCUT2D eigenvalue weighted by atomic mass is 10.1. The summed E-state index contributed by atoms with van der Waals surface area (Å²) in [6, 6.07) is 6.79. The van der Waals surface area contributed by atoms with Crippen molar-refractivity contribution in [3.63, 3.8) is 0 Å². The molecule has 2 bridgehead atoms. The minimum atomic E-state index is -0.373. The molecule has 1 amide bonds. The van der Waals surface area contributed by atoms with Crippen LogP contribution < -0.4 is 5.32 Å². The van der Waals surface area contributed by atoms with Gasteiger partial charge in [0.15, 0.2) is 6.54 Å². The molecular weight excluding hydrogens is 282 g/mol. The lowest BCUT2D eigenvalue weighted by molar-refractivity contribution is -0.933. The van der Waals surface area contributed by atoms with Crippen molar-refractivity contribution in [2.75, 3.05) is 58.2 Å². The van der Waals surface area contributed by atoms with E-state index in [0.717, 1.165) is 43.8 Å². The molecule has 1 aromatic carbocycles. The van der Waals surface area contributed by atoms with E-state index in [0.29, 0.717) is 17.8 Å². The lowest BCUT2D eigenvalue weighted by Gasteiger charge is -2.50. The fraction of sp³-hybridized carbons (Fsp3) is 0.500. The van der Waals surface area contributed by atoms with Gasteiger partial charge in [-0.1, -0.05) is 0 Å². The first-order chi connectivity index (χ1) is 10.6. The van der Waals surface area contributed by atoms with Crippen LogP contribution in [0.3, 0.4) is 0 Å². The Balaban J connectivity index is 1.58. The lowest BCUT2D eigenvalue weighted by Crippen LogP contribution is -2.68. The van der Waals surface area contributed by atoms with Crippen LogP contribution in [-0.4, -0.2) is 74.2 Å². The van der Waals surface area contributed by atoms with Gasteiger partial charge in [0.2, 0.25) is 0 Å². The molecule has 0 aromatic heterocycles. The van der Waals surface area contributed by atoms with E-state index in [-0.39, 0.29) is 11.9 Å². The molecule has 6 heteroatoms. The fourth-order valence-electron chi connectivity index (χ4n) is 3.28. The van der Waals surface area contributed by atoms with Crippen LogP contribution in [0.1, 0.15) is 10.4 Å². The molecule has 6 nitrogen and oxygen atoms in total. The summed E-state index contributed by atoms with van der Waals surface area (Å²) in [7, 11) is 1.35. The SMILES string of the molecule is COC(=O)c1ccc(NC(=O)C[N+]23CCN(CC2)CC3)cc1. The zero-order valence-corrected chi connectivity index (χ0v) is 12.9. The molecular formula is C16H22N3O3+. The zero-order valence-electron chi connectivity index (χ0n) is 12.9. The number of piperazine rings is 3. The second kappa shape index (κ2) is 6.06. The average Bonchev–Trinajstić information content (AvgIpc) is 2.56. The number of hydrogen-bond acceptors (Lipinski definition) is 4. The Morgan fingerprint density at radius 2 is 1.73 bits per heavy atom. The highest BCUT2D eigenvalue weighted by molar-refractivity contribution is 5.93. The number of carbonyl (C=O) groups excluding carboxylic acids is 2. The van der Waals surface area contributed by atoms with Crippen molar-refractivity contribution >= 4 is 17.6 Å². The molecule has 0 saturated carbocycles. The van der Waals surface area contributed by atoms with Gasteiger partial charge in [0.25, 0.3) is 5.91 Å². The van der Waals surface area contributed by atoms with Gasteiger partial charge in [0, 0.05) is 25.3 Å². The summed E-state index contributed by atoms with van der Waals surface area (Å²) in [5, 5.41) is 2.93. The molecule has 0 spiro atoms. The van der Waals surface area contributed by atoms with Crippen LogP contribution >= 0.6 is 0 Å². The van der Waals surface area contributed by atoms with Gasteiger partial charge in [-0.15, -0.1) is 0 Å². The monoisotopic (exact) mass is 304 g/mol. The van der Waals surface area contributed by atoms with E-state index in [1.54, 1.807) is 24.3 Å². The van der Waals surface area contributed by atoms with Crippen molar-refractivity contribution in [2.45, 2.75) is 0 Å². The molecule has 22 heavy (non-hydrogen) atoms. The van der Waals surface area contributed by atoms with Gasteiger partial charge in [-0.3, -0.25) is 9.69 Å². The van der Waals surface area contributed by atoms with Crippen LogP contribution in [0.4, 0.5) is 5.69 Å². The standard InChI is InChI=1S/C16H21N3O3/c1-22-16(21)13-2-4-14(5-3-13)17-15(20)12-19-9-6-18(7-10-19)8-11-19/h2-5H,6-12H2,1H3/p+1. The van der Waals surface area contributed by atoms with Crippen LogP contribution in [-0.2, 0) is 9.53 Å². The summed E-state index contributed by atoms with van der Waals surface area (Å²) in [4.78, 5) is 26.1.